The van der Waals surface area contributed by atoms with Gasteiger partial charge in [-0.25, -0.2) is 5.84 Å². The van der Waals surface area contributed by atoms with Crippen LogP contribution in [-0.2, 0) is 17.8 Å². The fourth-order valence-corrected chi connectivity index (χ4v) is 1.51. The zero-order chi connectivity index (χ0) is 14.5. The molecule has 0 saturated carbocycles. The monoisotopic (exact) mass is 277 g/mol. The Morgan fingerprint density at radius 2 is 2.10 bits per heavy atom. The third-order valence-electron chi connectivity index (χ3n) is 2.45. The summed E-state index contributed by atoms with van der Waals surface area (Å²) in [4.78, 5) is 22.2. The molecule has 1 aromatic carbocycles. The molecule has 0 saturated heterocycles. The Balaban J connectivity index is 2.03. The molecule has 0 bridgehead atoms. The van der Waals surface area contributed by atoms with Crippen molar-refractivity contribution in [3.63, 3.8) is 0 Å². The number of rotatable bonds is 5. The highest BCUT2D eigenvalue weighted by Crippen LogP contribution is 2.13. The predicted molar refractivity (Wildman–Crippen MR) is 66.0 cm³/mol. The number of amides is 1. The number of hydrogen-bond donors (Lipinski definition) is 2. The predicted octanol–water partition coefficient (Wildman–Crippen LogP) is -0.838. The van der Waals surface area contributed by atoms with Gasteiger partial charge in [0.2, 0.25) is 0 Å². The maximum absolute atomic E-state index is 11.0. The van der Waals surface area contributed by atoms with Gasteiger partial charge >= 0.3 is 0 Å². The second-order valence-corrected chi connectivity index (χ2v) is 3.90. The molecule has 0 aliphatic heterocycles. The molecule has 1 aromatic heterocycles. The van der Waals surface area contributed by atoms with Crippen LogP contribution in [-0.4, -0.2) is 31.0 Å². The van der Waals surface area contributed by atoms with Gasteiger partial charge in [0.1, 0.15) is 6.54 Å². The number of tetrazole rings is 1. The SMILES string of the molecule is NNC(=O)Cn1nnc(Cc2ccc([N+](=O)[O-])cc2)n1. The van der Waals surface area contributed by atoms with E-state index in [0.29, 0.717) is 12.2 Å². The van der Waals surface area contributed by atoms with Crippen molar-refractivity contribution >= 4 is 11.6 Å². The number of carbonyl (C=O) groups excluding carboxylic acids is 1. The third-order valence-corrected chi connectivity index (χ3v) is 2.45. The lowest BCUT2D eigenvalue weighted by Gasteiger charge is -1.97. The van der Waals surface area contributed by atoms with E-state index in [1.807, 2.05) is 5.43 Å². The summed E-state index contributed by atoms with van der Waals surface area (Å²) in [5, 5.41) is 22.0. The van der Waals surface area contributed by atoms with Crippen LogP contribution in [0.4, 0.5) is 5.69 Å². The van der Waals surface area contributed by atoms with Crippen molar-refractivity contribution in [2.75, 3.05) is 0 Å². The summed E-state index contributed by atoms with van der Waals surface area (Å²) in [5.41, 5.74) is 2.78. The van der Waals surface area contributed by atoms with Gasteiger partial charge in [-0.3, -0.25) is 20.3 Å². The van der Waals surface area contributed by atoms with Gasteiger partial charge in [0, 0.05) is 18.6 Å². The molecule has 104 valence electrons. The van der Waals surface area contributed by atoms with Crippen LogP contribution in [0.5, 0.6) is 0 Å². The van der Waals surface area contributed by atoms with Gasteiger partial charge in [-0.05, 0) is 10.8 Å². The van der Waals surface area contributed by atoms with Crippen LogP contribution < -0.4 is 11.3 Å². The van der Waals surface area contributed by atoms with Gasteiger partial charge < -0.3 is 0 Å². The summed E-state index contributed by atoms with van der Waals surface area (Å²) >= 11 is 0. The second-order valence-electron chi connectivity index (χ2n) is 3.90. The summed E-state index contributed by atoms with van der Waals surface area (Å²) in [6.45, 7) is -0.121. The molecule has 0 unspecified atom stereocenters. The molecule has 10 nitrogen and oxygen atoms in total. The Morgan fingerprint density at radius 3 is 2.70 bits per heavy atom. The summed E-state index contributed by atoms with van der Waals surface area (Å²) in [6, 6.07) is 6.04. The average molecular weight is 277 g/mol. The first-order chi connectivity index (χ1) is 9.58. The number of nitrogens with two attached hydrogens (primary N) is 1. The average Bonchev–Trinajstić information content (AvgIpc) is 2.86. The summed E-state index contributed by atoms with van der Waals surface area (Å²) in [5.74, 6) is 4.91. The lowest BCUT2D eigenvalue weighted by atomic mass is 10.1. The van der Waals surface area contributed by atoms with Crippen LogP contribution in [0.3, 0.4) is 0 Å². The molecule has 2 aromatic rings. The Morgan fingerprint density at radius 1 is 1.40 bits per heavy atom. The van der Waals surface area contributed by atoms with E-state index in [9.17, 15) is 14.9 Å². The van der Waals surface area contributed by atoms with Crippen LogP contribution >= 0.6 is 0 Å². The Labute approximate surface area is 112 Å². The first-order valence-corrected chi connectivity index (χ1v) is 5.58. The first kappa shape index (κ1) is 13.5. The van der Waals surface area contributed by atoms with E-state index in [-0.39, 0.29) is 12.2 Å². The van der Waals surface area contributed by atoms with E-state index in [1.54, 1.807) is 12.1 Å². The van der Waals surface area contributed by atoms with Crippen molar-refractivity contribution in [1.82, 2.24) is 25.6 Å². The quantitative estimate of drug-likeness (QED) is 0.314. The van der Waals surface area contributed by atoms with E-state index in [4.69, 9.17) is 5.84 Å². The van der Waals surface area contributed by atoms with Crippen LogP contribution in [0.2, 0.25) is 0 Å². The molecule has 2 rings (SSSR count). The van der Waals surface area contributed by atoms with E-state index < -0.39 is 10.8 Å². The minimum absolute atomic E-state index is 0.0185. The zero-order valence-corrected chi connectivity index (χ0v) is 10.3. The van der Waals surface area contributed by atoms with Crippen molar-refractivity contribution in [3.05, 3.63) is 45.8 Å². The van der Waals surface area contributed by atoms with Crippen LogP contribution in [0.25, 0.3) is 0 Å². The number of benzene rings is 1. The topological polar surface area (TPSA) is 142 Å². The fourth-order valence-electron chi connectivity index (χ4n) is 1.51. The number of hydrogen-bond acceptors (Lipinski definition) is 7. The van der Waals surface area contributed by atoms with Gasteiger partial charge in [0.25, 0.3) is 11.6 Å². The minimum Gasteiger partial charge on any atom is -0.293 e. The molecule has 10 heteroatoms. The highest BCUT2D eigenvalue weighted by molar-refractivity contribution is 5.74. The summed E-state index contributed by atoms with van der Waals surface area (Å²) < 4.78 is 0. The number of aromatic nitrogens is 4. The van der Waals surface area contributed by atoms with E-state index >= 15 is 0 Å². The molecule has 20 heavy (non-hydrogen) atoms. The number of nitrogens with zero attached hydrogens (tertiary/aromatic N) is 5. The van der Waals surface area contributed by atoms with E-state index in [2.05, 4.69) is 15.4 Å². The Hall–Kier alpha value is -2.88. The van der Waals surface area contributed by atoms with Gasteiger partial charge in [-0.2, -0.15) is 4.80 Å². The summed E-state index contributed by atoms with van der Waals surface area (Å²) in [6.07, 6.45) is 0.363. The first-order valence-electron chi connectivity index (χ1n) is 5.58. The molecule has 0 spiro atoms. The highest BCUT2D eigenvalue weighted by Gasteiger charge is 2.09. The van der Waals surface area contributed by atoms with Crippen molar-refractivity contribution in [3.8, 4) is 0 Å². The molecule has 1 heterocycles. The number of carbonyl (C=O) groups is 1. The van der Waals surface area contributed by atoms with Crippen LogP contribution in [0, 0.1) is 10.1 Å². The molecule has 0 aliphatic rings. The Bertz CT molecular complexity index is 622. The van der Waals surface area contributed by atoms with Crippen LogP contribution in [0.15, 0.2) is 24.3 Å². The number of nitro groups is 1. The van der Waals surface area contributed by atoms with Crippen LogP contribution in [0.1, 0.15) is 11.4 Å². The van der Waals surface area contributed by atoms with Crippen molar-refractivity contribution in [2.24, 2.45) is 5.84 Å². The van der Waals surface area contributed by atoms with Gasteiger partial charge in [-0.15, -0.1) is 10.2 Å². The Kier molecular flexibility index (Phi) is 3.96. The van der Waals surface area contributed by atoms with Crippen molar-refractivity contribution in [1.29, 1.82) is 0 Å². The second kappa shape index (κ2) is 5.84. The lowest BCUT2D eigenvalue weighted by Crippen LogP contribution is -2.33. The van der Waals surface area contributed by atoms with Gasteiger partial charge in [0.15, 0.2) is 5.82 Å². The normalized spacial score (nSPS) is 10.2. The largest absolute Gasteiger partial charge is 0.293 e. The van der Waals surface area contributed by atoms with E-state index in [1.165, 1.54) is 12.1 Å². The maximum atomic E-state index is 11.0. The molecule has 0 atom stereocenters. The number of nitrogens with one attached hydrogen (secondary N) is 1. The molecule has 0 radical (unpaired) electrons. The molecular formula is C10H11N7O3. The lowest BCUT2D eigenvalue weighted by molar-refractivity contribution is -0.384. The smallest absolute Gasteiger partial charge is 0.269 e. The zero-order valence-electron chi connectivity index (χ0n) is 10.3. The molecule has 3 N–H and O–H groups in total. The number of non-ortho nitro benzene ring substituents is 1. The van der Waals surface area contributed by atoms with Gasteiger partial charge in [-0.1, -0.05) is 12.1 Å². The fraction of sp³-hybridized carbons (Fsp3) is 0.200. The van der Waals surface area contributed by atoms with Crippen molar-refractivity contribution in [2.45, 2.75) is 13.0 Å². The molecular weight excluding hydrogens is 266 g/mol. The molecule has 1 amide bonds. The summed E-state index contributed by atoms with van der Waals surface area (Å²) in [7, 11) is 0. The van der Waals surface area contributed by atoms with Gasteiger partial charge in [0.05, 0.1) is 4.92 Å². The van der Waals surface area contributed by atoms with E-state index in [0.717, 1.165) is 10.4 Å². The molecule has 0 aliphatic carbocycles. The standard InChI is InChI=1S/C10H11N7O3/c11-12-10(18)6-16-14-9(13-15-16)5-7-1-3-8(4-2-7)17(19)20/h1-4H,5-6,11H2,(H,12,18). The van der Waals surface area contributed by atoms with Crippen molar-refractivity contribution < 1.29 is 9.72 Å². The minimum atomic E-state index is -0.469. The maximum Gasteiger partial charge on any atom is 0.269 e. The molecule has 0 fully saturated rings. The highest BCUT2D eigenvalue weighted by atomic mass is 16.6. The number of nitro benzene ring substituents is 1. The third kappa shape index (κ3) is 3.32. The number of hydrazine groups is 1.